The van der Waals surface area contributed by atoms with Gasteiger partial charge in [-0.15, -0.1) is 0 Å². The lowest BCUT2D eigenvalue weighted by atomic mass is 10.1. The molecule has 0 heterocycles. The third-order valence-corrected chi connectivity index (χ3v) is 6.47. The summed E-state index contributed by atoms with van der Waals surface area (Å²) in [4.78, 5) is 30.0. The number of hydrogen-bond donors (Lipinski definition) is 2. The molecular weight excluding hydrogens is 568 g/mol. The van der Waals surface area contributed by atoms with Gasteiger partial charge in [0.1, 0.15) is 11.5 Å². The van der Waals surface area contributed by atoms with Gasteiger partial charge in [0.2, 0.25) is 0 Å². The summed E-state index contributed by atoms with van der Waals surface area (Å²) in [6, 6.07) is 13.9. The molecule has 0 spiro atoms. The highest BCUT2D eigenvalue weighted by Crippen LogP contribution is 2.15. The summed E-state index contributed by atoms with van der Waals surface area (Å²) in [5.41, 5.74) is 26.3. The normalized spacial score (nSPS) is 11.8. The van der Waals surface area contributed by atoms with E-state index in [1.54, 1.807) is 0 Å². The number of ether oxygens (including phenoxy) is 4. The molecular formula is C30H44N8O6+2. The third kappa shape index (κ3) is 15.7. The highest BCUT2D eigenvalue weighted by Gasteiger charge is 2.20. The van der Waals surface area contributed by atoms with Crippen LogP contribution in [0.3, 0.4) is 0 Å². The standard InChI is InChI=1S/C30H42N8O6/c31-27(21-23-7-11-25(12-8-23)41-19-5-15-35-37-33)29(39)43-17-3-1-2-4-18-44-30(40)28(32)22-24-9-13-26(14-10-24)42-20-6-16-36-38-34/h7-14,27-28H,1-6,15-22,31-32H2/p+2. The number of rotatable bonds is 23. The first-order chi connectivity index (χ1) is 21.4. The van der Waals surface area contributed by atoms with Crippen molar-refractivity contribution in [2.75, 3.05) is 39.5 Å². The van der Waals surface area contributed by atoms with Crippen LogP contribution in [0.5, 0.6) is 11.5 Å². The average Bonchev–Trinajstić information content (AvgIpc) is 3.03. The van der Waals surface area contributed by atoms with E-state index in [0.29, 0.717) is 76.7 Å². The van der Waals surface area contributed by atoms with Crippen LogP contribution in [-0.4, -0.2) is 63.5 Å². The summed E-state index contributed by atoms with van der Waals surface area (Å²) >= 11 is 0. The van der Waals surface area contributed by atoms with Gasteiger partial charge in [-0.2, -0.15) is 0 Å². The molecule has 14 heteroatoms. The molecule has 0 radical (unpaired) electrons. The van der Waals surface area contributed by atoms with Crippen molar-refractivity contribution in [3.8, 4) is 11.5 Å². The second-order valence-corrected chi connectivity index (χ2v) is 10.2. The van der Waals surface area contributed by atoms with Crippen molar-refractivity contribution in [1.82, 2.24) is 0 Å². The molecule has 0 amide bonds. The number of esters is 2. The first-order valence-electron chi connectivity index (χ1n) is 14.9. The largest absolute Gasteiger partial charge is 0.494 e. The van der Waals surface area contributed by atoms with Crippen LogP contribution < -0.4 is 20.9 Å². The van der Waals surface area contributed by atoms with Crippen LogP contribution in [0.4, 0.5) is 0 Å². The fourth-order valence-electron chi connectivity index (χ4n) is 4.06. The summed E-state index contributed by atoms with van der Waals surface area (Å²) in [6.45, 7) is 2.37. The SMILES string of the molecule is [N-]=[N+]=NCCCOc1ccc(CC([NH3+])C(=O)OCCCCCCOC(=O)C([NH3+])Cc2ccc(OCCCN=[N+]=[N-])cc2)cc1. The van der Waals surface area contributed by atoms with Crippen LogP contribution in [-0.2, 0) is 31.9 Å². The Bertz CT molecular complexity index is 1120. The molecule has 6 N–H and O–H groups in total. The Morgan fingerprint density at radius 2 is 1.00 bits per heavy atom. The molecule has 0 aliphatic carbocycles. The van der Waals surface area contributed by atoms with E-state index in [1.807, 2.05) is 48.5 Å². The van der Waals surface area contributed by atoms with E-state index in [4.69, 9.17) is 30.0 Å². The molecule has 14 nitrogen and oxygen atoms in total. The lowest BCUT2D eigenvalue weighted by Gasteiger charge is -2.11. The fourth-order valence-corrected chi connectivity index (χ4v) is 4.06. The van der Waals surface area contributed by atoms with Crippen molar-refractivity contribution >= 4 is 11.9 Å². The highest BCUT2D eigenvalue weighted by atomic mass is 16.5. The molecule has 0 aromatic heterocycles. The minimum Gasteiger partial charge on any atom is -0.494 e. The zero-order chi connectivity index (χ0) is 31.8. The first kappa shape index (κ1) is 35.7. The highest BCUT2D eigenvalue weighted by molar-refractivity contribution is 5.74. The number of benzene rings is 2. The maximum atomic E-state index is 12.3. The molecule has 2 aromatic carbocycles. The number of nitrogens with zero attached hydrogens (tertiary/aromatic N) is 6. The van der Waals surface area contributed by atoms with Gasteiger partial charge in [-0.25, -0.2) is 9.59 Å². The smallest absolute Gasteiger partial charge is 0.365 e. The lowest BCUT2D eigenvalue weighted by molar-refractivity contribution is -0.408. The van der Waals surface area contributed by atoms with Gasteiger partial charge >= 0.3 is 11.9 Å². The van der Waals surface area contributed by atoms with Crippen molar-refractivity contribution in [2.24, 2.45) is 10.2 Å². The van der Waals surface area contributed by atoms with Gasteiger partial charge in [0.05, 0.1) is 26.4 Å². The van der Waals surface area contributed by atoms with Crippen LogP contribution >= 0.6 is 0 Å². The molecule has 44 heavy (non-hydrogen) atoms. The molecule has 0 aliphatic rings. The molecule has 0 saturated carbocycles. The second-order valence-electron chi connectivity index (χ2n) is 10.2. The van der Waals surface area contributed by atoms with Crippen LogP contribution in [0, 0.1) is 0 Å². The van der Waals surface area contributed by atoms with Crippen LogP contribution in [0.1, 0.15) is 49.7 Å². The van der Waals surface area contributed by atoms with E-state index in [0.717, 1.165) is 36.8 Å². The first-order valence-corrected chi connectivity index (χ1v) is 14.9. The van der Waals surface area contributed by atoms with Crippen molar-refractivity contribution in [1.29, 1.82) is 0 Å². The number of quaternary nitrogens is 2. The molecule has 2 aromatic rings. The Morgan fingerprint density at radius 3 is 1.36 bits per heavy atom. The molecule has 0 bridgehead atoms. The van der Waals surface area contributed by atoms with Gasteiger partial charge in [0.25, 0.3) is 0 Å². The molecule has 0 saturated heterocycles. The fraction of sp³-hybridized carbons (Fsp3) is 0.533. The predicted molar refractivity (Wildman–Crippen MR) is 162 cm³/mol. The topological polar surface area (TPSA) is 224 Å². The number of carbonyl (C=O) groups is 2. The minimum atomic E-state index is -0.506. The second kappa shape index (κ2) is 22.1. The van der Waals surface area contributed by atoms with Crippen molar-refractivity contribution in [3.63, 3.8) is 0 Å². The number of unbranched alkanes of at least 4 members (excludes halogenated alkanes) is 3. The summed E-state index contributed by atoms with van der Waals surface area (Å²) in [6.07, 6.45) is 5.37. The van der Waals surface area contributed by atoms with E-state index in [1.165, 1.54) is 0 Å². The average molecular weight is 613 g/mol. The maximum absolute atomic E-state index is 12.3. The van der Waals surface area contributed by atoms with E-state index in [-0.39, 0.29) is 11.9 Å². The molecule has 2 atom stereocenters. The van der Waals surface area contributed by atoms with Crippen LogP contribution in [0.25, 0.3) is 20.9 Å². The van der Waals surface area contributed by atoms with Crippen molar-refractivity contribution < 1.29 is 40.0 Å². The van der Waals surface area contributed by atoms with Gasteiger partial charge in [-0.1, -0.05) is 34.5 Å². The Balaban J connectivity index is 1.51. The summed E-state index contributed by atoms with van der Waals surface area (Å²) in [5.74, 6) is 0.764. The van der Waals surface area contributed by atoms with E-state index < -0.39 is 12.1 Å². The number of azide groups is 2. The lowest BCUT2D eigenvalue weighted by Crippen LogP contribution is -2.66. The Morgan fingerprint density at radius 1 is 0.614 bits per heavy atom. The van der Waals surface area contributed by atoms with Crippen molar-refractivity contribution in [3.05, 3.63) is 80.5 Å². The Hall–Kier alpha value is -4.48. The monoisotopic (exact) mass is 612 g/mol. The van der Waals surface area contributed by atoms with Crippen LogP contribution in [0.2, 0.25) is 0 Å². The van der Waals surface area contributed by atoms with Gasteiger partial charge in [-0.05, 0) is 85.0 Å². The van der Waals surface area contributed by atoms with E-state index >= 15 is 0 Å². The molecule has 2 rings (SSSR count). The van der Waals surface area contributed by atoms with Gasteiger partial charge < -0.3 is 30.4 Å². The molecule has 0 fully saturated rings. The number of hydrogen-bond acceptors (Lipinski definition) is 8. The Labute approximate surface area is 257 Å². The maximum Gasteiger partial charge on any atom is 0.365 e. The third-order valence-electron chi connectivity index (χ3n) is 6.47. The van der Waals surface area contributed by atoms with E-state index in [2.05, 4.69) is 31.5 Å². The number of carbonyl (C=O) groups excluding carboxylic acids is 2. The van der Waals surface area contributed by atoms with Gasteiger partial charge in [-0.3, -0.25) is 0 Å². The molecule has 0 aliphatic heterocycles. The van der Waals surface area contributed by atoms with Gasteiger partial charge in [0.15, 0.2) is 12.1 Å². The Kier molecular flexibility index (Phi) is 17.9. The predicted octanol–water partition coefficient (Wildman–Crippen LogP) is 3.50. The zero-order valence-corrected chi connectivity index (χ0v) is 25.2. The van der Waals surface area contributed by atoms with Crippen molar-refractivity contribution in [2.45, 2.75) is 63.5 Å². The summed E-state index contributed by atoms with van der Waals surface area (Å²) in [7, 11) is 0. The summed E-state index contributed by atoms with van der Waals surface area (Å²) in [5, 5.41) is 6.93. The quantitative estimate of drug-likeness (QED) is 0.0627. The minimum absolute atomic E-state index is 0.327. The van der Waals surface area contributed by atoms with E-state index in [9.17, 15) is 9.59 Å². The van der Waals surface area contributed by atoms with Gasteiger partial charge in [0, 0.05) is 35.8 Å². The molecule has 238 valence electrons. The zero-order valence-electron chi connectivity index (χ0n) is 25.2. The summed E-state index contributed by atoms with van der Waals surface area (Å²) < 4.78 is 22.0. The van der Waals surface area contributed by atoms with Crippen LogP contribution in [0.15, 0.2) is 58.8 Å². The molecule has 2 unspecified atom stereocenters.